The minimum atomic E-state index is 0.147. The Bertz CT molecular complexity index is 1030. The van der Waals surface area contributed by atoms with Crippen LogP contribution in [0.1, 0.15) is 407 Å². The highest BCUT2D eigenvalue weighted by atomic mass is 16.5. The summed E-state index contributed by atoms with van der Waals surface area (Å²) < 4.78 is 25.5. The van der Waals surface area contributed by atoms with Gasteiger partial charge in [0.25, 0.3) is 0 Å². The van der Waals surface area contributed by atoms with Crippen molar-refractivity contribution in [3.63, 3.8) is 0 Å². The smallest absolute Gasteiger partial charge is 0.0932 e. The van der Waals surface area contributed by atoms with Crippen LogP contribution in [0.2, 0.25) is 0 Å². The Hall–Kier alpha value is -0.280. The van der Waals surface area contributed by atoms with E-state index in [1.165, 1.54) is 372 Å². The molecule has 0 saturated carbocycles. The average Bonchev–Trinajstić information content (AvgIpc) is 3.50. The van der Waals surface area contributed by atoms with Crippen molar-refractivity contribution < 1.29 is 18.9 Å². The first-order valence-electron chi connectivity index (χ1n) is 39.3. The maximum atomic E-state index is 6.48. The highest BCUT2D eigenvalue weighted by Gasteiger charge is 2.12. The minimum absolute atomic E-state index is 0.147. The number of hydrogen-bond donors (Lipinski definition) is 3. The van der Waals surface area contributed by atoms with Crippen molar-refractivity contribution in [2.75, 3.05) is 78.9 Å². The maximum absolute atomic E-state index is 6.48. The molecule has 0 aromatic carbocycles. The van der Waals surface area contributed by atoms with Crippen LogP contribution >= 0.6 is 0 Å². The van der Waals surface area contributed by atoms with Gasteiger partial charge in [-0.1, -0.05) is 362 Å². The van der Waals surface area contributed by atoms with Gasteiger partial charge in [-0.2, -0.15) is 0 Å². The predicted molar refractivity (Wildman–Crippen MR) is 375 cm³/mol. The second-order valence-corrected chi connectivity index (χ2v) is 26.7. The number of hydrogen-bond acceptors (Lipinski definition) is 7. The van der Waals surface area contributed by atoms with E-state index in [1.807, 2.05) is 0 Å². The number of rotatable bonds is 79. The second-order valence-electron chi connectivity index (χ2n) is 26.7. The van der Waals surface area contributed by atoms with Crippen LogP contribution in [-0.2, 0) is 18.9 Å². The lowest BCUT2D eigenvalue weighted by Gasteiger charge is -2.19. The molecule has 0 aromatic rings. The molecule has 0 aromatic heterocycles. The molecule has 0 bridgehead atoms. The van der Waals surface area contributed by atoms with E-state index in [0.29, 0.717) is 0 Å². The van der Waals surface area contributed by atoms with Gasteiger partial charge in [0, 0.05) is 39.5 Å². The summed E-state index contributed by atoms with van der Waals surface area (Å²) in [6, 6.07) is 0. The molecule has 2 atom stereocenters. The van der Waals surface area contributed by atoms with E-state index in [0.717, 1.165) is 85.3 Å². The lowest BCUT2D eigenvalue weighted by Crippen LogP contribution is -2.35. The van der Waals surface area contributed by atoms with Gasteiger partial charge in [0.15, 0.2) is 0 Å². The van der Waals surface area contributed by atoms with E-state index in [9.17, 15) is 0 Å². The van der Waals surface area contributed by atoms with Gasteiger partial charge in [-0.05, 0) is 71.1 Å². The molecule has 7 heteroatoms. The fraction of sp³-hybridized carbons (Fsp3) is 1.00. The molecule has 7 nitrogen and oxygen atoms in total. The van der Waals surface area contributed by atoms with Crippen LogP contribution in [0.25, 0.3) is 0 Å². The Labute approximate surface area is 530 Å². The largest absolute Gasteiger partial charge is 0.379 e. The number of ether oxygens (including phenoxy) is 4. The first-order chi connectivity index (χ1) is 41.8. The van der Waals surface area contributed by atoms with Gasteiger partial charge < -0.3 is 34.9 Å². The Morgan fingerprint density at radius 2 is 0.381 bits per heavy atom. The van der Waals surface area contributed by atoms with Crippen LogP contribution in [0.4, 0.5) is 0 Å². The standard InChI is InChI=1S/C77H159N3O4/c1-5-9-13-17-21-25-29-33-37-41-45-49-53-59-68-81-74-76(83-70-61-55-51-47-43-39-35-31-27-23-19-15-11-7-3)72-79-65-58-57-64-78-66-63-67-80-73-77(84-71-62-56-52-48-44-40-36-32-28-24-20-16-12-8-4)75-82-69-60-54-50-46-42-38-34-30-26-22-18-14-10-6-2/h76-80H,5-75H2,1-4H3. The summed E-state index contributed by atoms with van der Waals surface area (Å²) in [5.41, 5.74) is 0. The first-order valence-corrected chi connectivity index (χ1v) is 39.3. The van der Waals surface area contributed by atoms with Crippen LogP contribution < -0.4 is 16.0 Å². The quantitative estimate of drug-likeness (QED) is 0.0524. The Kier molecular flexibility index (Phi) is 78.6. The molecule has 0 amide bonds. The van der Waals surface area contributed by atoms with Crippen molar-refractivity contribution in [2.24, 2.45) is 0 Å². The number of unbranched alkanes of at least 4 members (excludes halogenated alkanes) is 53. The van der Waals surface area contributed by atoms with Crippen LogP contribution in [0.3, 0.4) is 0 Å². The molecule has 84 heavy (non-hydrogen) atoms. The molecule has 0 aliphatic rings. The molecule has 0 aliphatic carbocycles. The van der Waals surface area contributed by atoms with E-state index in [1.54, 1.807) is 0 Å². The van der Waals surface area contributed by atoms with Crippen molar-refractivity contribution in [1.82, 2.24) is 16.0 Å². The Balaban J connectivity index is 4.44. The average molecular weight is 1190 g/mol. The summed E-state index contributed by atoms with van der Waals surface area (Å²) >= 11 is 0. The number of nitrogens with one attached hydrogen (secondary N) is 3. The third-order valence-electron chi connectivity index (χ3n) is 18.0. The first kappa shape index (κ1) is 83.7. The van der Waals surface area contributed by atoms with Gasteiger partial charge in [-0.3, -0.25) is 0 Å². The highest BCUT2D eigenvalue weighted by Crippen LogP contribution is 2.18. The molecular formula is C77H159N3O4. The monoisotopic (exact) mass is 1190 g/mol. The van der Waals surface area contributed by atoms with E-state index in [-0.39, 0.29) is 12.2 Å². The molecule has 0 aliphatic heterocycles. The van der Waals surface area contributed by atoms with Gasteiger partial charge in [0.2, 0.25) is 0 Å². The van der Waals surface area contributed by atoms with Crippen molar-refractivity contribution in [3.05, 3.63) is 0 Å². The molecule has 0 radical (unpaired) electrons. The van der Waals surface area contributed by atoms with Gasteiger partial charge >= 0.3 is 0 Å². The molecule has 0 fully saturated rings. The highest BCUT2D eigenvalue weighted by molar-refractivity contribution is 4.65. The fourth-order valence-corrected chi connectivity index (χ4v) is 12.1. The van der Waals surface area contributed by atoms with Gasteiger partial charge in [0.1, 0.15) is 0 Å². The summed E-state index contributed by atoms with van der Waals surface area (Å²) in [6.45, 7) is 20.2. The zero-order valence-electron chi connectivity index (χ0n) is 58.5. The molecule has 0 saturated heterocycles. The molecule has 2 unspecified atom stereocenters. The van der Waals surface area contributed by atoms with Gasteiger partial charge in [-0.25, -0.2) is 0 Å². The van der Waals surface area contributed by atoms with Gasteiger partial charge in [0.05, 0.1) is 25.4 Å². The van der Waals surface area contributed by atoms with Gasteiger partial charge in [-0.15, -0.1) is 0 Å². The molecule has 0 spiro atoms. The SMILES string of the molecule is CCCCCCCCCCCCCCCCOCC(CNCCCCNCCCNCC(COCCCCCCCCCCCCCCCC)OCCCCCCCCCCCCCCCC)OCCCCCCCCCCCCCCCC. The Morgan fingerprint density at radius 3 is 0.631 bits per heavy atom. The van der Waals surface area contributed by atoms with Crippen molar-refractivity contribution in [2.45, 2.75) is 419 Å². The summed E-state index contributed by atoms with van der Waals surface area (Å²) in [7, 11) is 0. The second kappa shape index (κ2) is 78.8. The van der Waals surface area contributed by atoms with Crippen LogP contribution in [0.15, 0.2) is 0 Å². The topological polar surface area (TPSA) is 73.0 Å². The van der Waals surface area contributed by atoms with Crippen LogP contribution in [0, 0.1) is 0 Å². The van der Waals surface area contributed by atoms with E-state index in [4.69, 9.17) is 18.9 Å². The van der Waals surface area contributed by atoms with Crippen LogP contribution in [-0.4, -0.2) is 91.1 Å². The lowest BCUT2D eigenvalue weighted by molar-refractivity contribution is -0.0175. The van der Waals surface area contributed by atoms with Crippen molar-refractivity contribution in [1.29, 1.82) is 0 Å². The molecule has 0 rings (SSSR count). The van der Waals surface area contributed by atoms with Crippen molar-refractivity contribution >= 4 is 0 Å². The zero-order valence-corrected chi connectivity index (χ0v) is 58.5. The minimum Gasteiger partial charge on any atom is -0.379 e. The molecule has 506 valence electrons. The van der Waals surface area contributed by atoms with E-state index < -0.39 is 0 Å². The van der Waals surface area contributed by atoms with Crippen molar-refractivity contribution in [3.8, 4) is 0 Å². The lowest BCUT2D eigenvalue weighted by atomic mass is 10.0. The normalized spacial score (nSPS) is 12.6. The van der Waals surface area contributed by atoms with E-state index >= 15 is 0 Å². The third kappa shape index (κ3) is 74.2. The molecule has 3 N–H and O–H groups in total. The molecular weight excluding hydrogens is 1030 g/mol. The third-order valence-corrected chi connectivity index (χ3v) is 18.0. The van der Waals surface area contributed by atoms with Crippen LogP contribution in [0.5, 0.6) is 0 Å². The zero-order chi connectivity index (χ0) is 60.3. The summed E-state index contributed by atoms with van der Waals surface area (Å²) in [4.78, 5) is 0. The Morgan fingerprint density at radius 1 is 0.190 bits per heavy atom. The summed E-state index contributed by atoms with van der Waals surface area (Å²) in [6.07, 6.45) is 81.8. The molecule has 0 heterocycles. The predicted octanol–water partition coefficient (Wildman–Crippen LogP) is 23.7. The fourth-order valence-electron chi connectivity index (χ4n) is 12.1. The maximum Gasteiger partial charge on any atom is 0.0932 e. The van der Waals surface area contributed by atoms with E-state index in [2.05, 4.69) is 43.6 Å². The summed E-state index contributed by atoms with van der Waals surface area (Å²) in [5, 5.41) is 11.2. The summed E-state index contributed by atoms with van der Waals surface area (Å²) in [5.74, 6) is 0.